The van der Waals surface area contributed by atoms with E-state index in [1.165, 1.54) is 18.4 Å². The lowest BCUT2D eigenvalue weighted by atomic mass is 9.97. The minimum Gasteiger partial charge on any atom is -0.481 e. The number of rotatable bonds is 7. The van der Waals surface area contributed by atoms with Crippen molar-refractivity contribution >= 4 is 11.9 Å². The second-order valence-electron chi connectivity index (χ2n) is 4.69. The Hall–Kier alpha value is -1.36. The maximum absolute atomic E-state index is 11.5. The van der Waals surface area contributed by atoms with Crippen molar-refractivity contribution < 1.29 is 14.7 Å². The fraction of sp³-hybridized carbons (Fsp3) is 0.692. The van der Waals surface area contributed by atoms with E-state index < -0.39 is 12.0 Å². The maximum Gasteiger partial charge on any atom is 0.303 e. The van der Waals surface area contributed by atoms with Crippen LogP contribution >= 0.6 is 0 Å². The van der Waals surface area contributed by atoms with Crippen LogP contribution in [0.3, 0.4) is 0 Å². The number of allylic oxidation sites excluding steroid dienone is 1. The average molecular weight is 254 g/mol. The standard InChI is InChI=1S/C13H22N2O3/c14-11(6-7-12(16)17)13(18)15-9-8-10-4-2-1-3-5-10/h4,11H,1-3,5-9,14H2,(H,15,18)(H,16,17). The lowest BCUT2D eigenvalue weighted by Crippen LogP contribution is -2.41. The highest BCUT2D eigenvalue weighted by molar-refractivity contribution is 5.82. The number of carboxylic acids is 1. The summed E-state index contributed by atoms with van der Waals surface area (Å²) in [6, 6.07) is -0.721. The molecule has 0 heterocycles. The van der Waals surface area contributed by atoms with E-state index in [9.17, 15) is 9.59 Å². The van der Waals surface area contributed by atoms with Crippen LogP contribution < -0.4 is 11.1 Å². The van der Waals surface area contributed by atoms with Gasteiger partial charge in [0, 0.05) is 13.0 Å². The van der Waals surface area contributed by atoms with E-state index in [2.05, 4.69) is 11.4 Å². The fourth-order valence-electron chi connectivity index (χ4n) is 2.02. The number of nitrogens with one attached hydrogen (secondary N) is 1. The van der Waals surface area contributed by atoms with Crippen LogP contribution in [0.2, 0.25) is 0 Å². The van der Waals surface area contributed by atoms with Gasteiger partial charge in [-0.1, -0.05) is 11.6 Å². The quantitative estimate of drug-likeness (QED) is 0.595. The summed E-state index contributed by atoms with van der Waals surface area (Å²) in [7, 11) is 0. The number of carbonyl (C=O) groups excluding carboxylic acids is 1. The number of nitrogens with two attached hydrogens (primary N) is 1. The molecule has 0 bridgehead atoms. The summed E-state index contributed by atoms with van der Waals surface area (Å²) in [6.45, 7) is 0.589. The van der Waals surface area contributed by atoms with Gasteiger partial charge in [0.1, 0.15) is 0 Å². The highest BCUT2D eigenvalue weighted by Gasteiger charge is 2.14. The SMILES string of the molecule is NC(CCC(=O)O)C(=O)NCCC1=CCCCC1. The normalized spacial score (nSPS) is 16.8. The van der Waals surface area contributed by atoms with Crippen LogP contribution in [0, 0.1) is 0 Å². The molecule has 0 aromatic carbocycles. The summed E-state index contributed by atoms with van der Waals surface area (Å²) in [5, 5.41) is 11.3. The monoisotopic (exact) mass is 254 g/mol. The molecule has 1 unspecified atom stereocenters. The third-order valence-corrected chi connectivity index (χ3v) is 3.14. The van der Waals surface area contributed by atoms with E-state index >= 15 is 0 Å². The Morgan fingerprint density at radius 2 is 2.22 bits per heavy atom. The van der Waals surface area contributed by atoms with Gasteiger partial charge < -0.3 is 16.2 Å². The summed E-state index contributed by atoms with van der Waals surface area (Å²) in [5.41, 5.74) is 7.00. The predicted molar refractivity (Wildman–Crippen MR) is 69.0 cm³/mol. The molecule has 1 rings (SSSR count). The first kappa shape index (κ1) is 14.7. The molecule has 5 nitrogen and oxygen atoms in total. The summed E-state index contributed by atoms with van der Waals surface area (Å²) < 4.78 is 0. The molecule has 0 fully saturated rings. The molecule has 0 saturated carbocycles. The molecule has 1 amide bonds. The highest BCUT2D eigenvalue weighted by atomic mass is 16.4. The van der Waals surface area contributed by atoms with Gasteiger partial charge in [0.15, 0.2) is 0 Å². The zero-order valence-electron chi connectivity index (χ0n) is 10.7. The lowest BCUT2D eigenvalue weighted by molar-refractivity contribution is -0.137. The van der Waals surface area contributed by atoms with E-state index in [1.54, 1.807) is 0 Å². The van der Waals surface area contributed by atoms with E-state index in [1.807, 2.05) is 0 Å². The molecule has 1 atom stereocenters. The Kier molecular flexibility index (Phi) is 6.43. The van der Waals surface area contributed by atoms with E-state index in [0.29, 0.717) is 6.54 Å². The third kappa shape index (κ3) is 5.82. The van der Waals surface area contributed by atoms with Gasteiger partial charge in [-0.2, -0.15) is 0 Å². The van der Waals surface area contributed by atoms with Crippen molar-refractivity contribution in [1.82, 2.24) is 5.32 Å². The number of amides is 1. The first-order valence-corrected chi connectivity index (χ1v) is 6.52. The summed E-state index contributed by atoms with van der Waals surface area (Å²) in [4.78, 5) is 21.9. The van der Waals surface area contributed by atoms with Crippen molar-refractivity contribution in [3.63, 3.8) is 0 Å². The van der Waals surface area contributed by atoms with Crippen LogP contribution in [0.1, 0.15) is 44.9 Å². The third-order valence-electron chi connectivity index (χ3n) is 3.14. The fourth-order valence-corrected chi connectivity index (χ4v) is 2.02. The molecule has 0 spiro atoms. The second-order valence-corrected chi connectivity index (χ2v) is 4.69. The van der Waals surface area contributed by atoms with Crippen LogP contribution in [0.25, 0.3) is 0 Å². The Morgan fingerprint density at radius 3 is 2.83 bits per heavy atom. The molecule has 1 aliphatic carbocycles. The van der Waals surface area contributed by atoms with Gasteiger partial charge >= 0.3 is 5.97 Å². The minimum atomic E-state index is -0.925. The van der Waals surface area contributed by atoms with Crippen molar-refractivity contribution in [2.75, 3.05) is 6.54 Å². The topological polar surface area (TPSA) is 92.4 Å². The second kappa shape index (κ2) is 7.87. The van der Waals surface area contributed by atoms with E-state index in [4.69, 9.17) is 10.8 Å². The molecule has 0 radical (unpaired) electrons. The summed E-state index contributed by atoms with van der Waals surface area (Å²) >= 11 is 0. The molecular weight excluding hydrogens is 232 g/mol. The van der Waals surface area contributed by atoms with Crippen LogP contribution in [0.15, 0.2) is 11.6 Å². The molecule has 0 saturated heterocycles. The number of carboxylic acid groups (broad SMARTS) is 1. The van der Waals surface area contributed by atoms with Gasteiger partial charge in [-0.25, -0.2) is 0 Å². The molecule has 4 N–H and O–H groups in total. The predicted octanol–water partition coefficient (Wildman–Crippen LogP) is 1.19. The molecule has 0 aromatic rings. The molecular formula is C13H22N2O3. The summed E-state index contributed by atoms with van der Waals surface area (Å²) in [6.07, 6.45) is 8.00. The lowest BCUT2D eigenvalue weighted by Gasteiger charge is -2.14. The maximum atomic E-state index is 11.5. The van der Waals surface area contributed by atoms with Crippen molar-refractivity contribution in [2.45, 2.75) is 51.0 Å². The van der Waals surface area contributed by atoms with Gasteiger partial charge in [0.05, 0.1) is 6.04 Å². The van der Waals surface area contributed by atoms with E-state index in [0.717, 1.165) is 19.3 Å². The zero-order valence-corrected chi connectivity index (χ0v) is 10.7. The van der Waals surface area contributed by atoms with Crippen LogP contribution in [-0.2, 0) is 9.59 Å². The van der Waals surface area contributed by atoms with Crippen molar-refractivity contribution in [3.05, 3.63) is 11.6 Å². The Balaban J connectivity index is 2.15. The van der Waals surface area contributed by atoms with Gasteiger partial charge in [0.25, 0.3) is 0 Å². The number of carbonyl (C=O) groups is 2. The van der Waals surface area contributed by atoms with Crippen LogP contribution in [0.5, 0.6) is 0 Å². The molecule has 5 heteroatoms. The minimum absolute atomic E-state index is 0.0697. The molecule has 1 aliphatic rings. The first-order chi connectivity index (χ1) is 8.59. The Labute approximate surface area is 107 Å². The average Bonchev–Trinajstić information content (AvgIpc) is 2.37. The van der Waals surface area contributed by atoms with Crippen molar-refractivity contribution in [2.24, 2.45) is 5.73 Å². The Morgan fingerprint density at radius 1 is 1.44 bits per heavy atom. The smallest absolute Gasteiger partial charge is 0.303 e. The van der Waals surface area contributed by atoms with E-state index in [-0.39, 0.29) is 18.7 Å². The van der Waals surface area contributed by atoms with Crippen LogP contribution in [0.4, 0.5) is 0 Å². The van der Waals surface area contributed by atoms with Gasteiger partial charge in [-0.3, -0.25) is 9.59 Å². The molecule has 0 aromatic heterocycles. The van der Waals surface area contributed by atoms with Crippen molar-refractivity contribution in [1.29, 1.82) is 0 Å². The molecule has 18 heavy (non-hydrogen) atoms. The molecule has 102 valence electrons. The zero-order chi connectivity index (χ0) is 13.4. The van der Waals surface area contributed by atoms with Crippen LogP contribution in [-0.4, -0.2) is 29.6 Å². The number of aliphatic carboxylic acids is 1. The highest BCUT2D eigenvalue weighted by Crippen LogP contribution is 2.19. The first-order valence-electron chi connectivity index (χ1n) is 6.52. The van der Waals surface area contributed by atoms with Crippen molar-refractivity contribution in [3.8, 4) is 0 Å². The van der Waals surface area contributed by atoms with Gasteiger partial charge in [-0.05, 0) is 38.5 Å². The largest absolute Gasteiger partial charge is 0.481 e. The summed E-state index contributed by atoms with van der Waals surface area (Å²) in [5.74, 6) is -1.18. The number of hydrogen-bond acceptors (Lipinski definition) is 3. The Bertz CT molecular complexity index is 326. The number of hydrogen-bond donors (Lipinski definition) is 3. The molecule has 0 aliphatic heterocycles. The van der Waals surface area contributed by atoms with Gasteiger partial charge in [-0.15, -0.1) is 0 Å². The van der Waals surface area contributed by atoms with Gasteiger partial charge in [0.2, 0.25) is 5.91 Å².